The van der Waals surface area contributed by atoms with Gasteiger partial charge in [0, 0.05) is 19.3 Å². The molecule has 6 nitrogen and oxygen atoms in total. The van der Waals surface area contributed by atoms with Crippen molar-refractivity contribution in [3.05, 3.63) is 65.1 Å². The van der Waals surface area contributed by atoms with Crippen LogP contribution in [0.2, 0.25) is 0 Å². The lowest BCUT2D eigenvalue weighted by Gasteiger charge is -2.14. The van der Waals surface area contributed by atoms with Crippen molar-refractivity contribution in [2.24, 2.45) is 0 Å². The van der Waals surface area contributed by atoms with E-state index in [1.165, 1.54) is 11.1 Å². The van der Waals surface area contributed by atoms with E-state index >= 15 is 0 Å². The third kappa shape index (κ3) is 3.97. The van der Waals surface area contributed by atoms with E-state index < -0.39 is 0 Å². The summed E-state index contributed by atoms with van der Waals surface area (Å²) in [6, 6.07) is 10.1. The van der Waals surface area contributed by atoms with Gasteiger partial charge in [0.2, 0.25) is 0 Å². The van der Waals surface area contributed by atoms with Crippen LogP contribution in [0.4, 0.5) is 5.82 Å². The van der Waals surface area contributed by atoms with Gasteiger partial charge < -0.3 is 5.73 Å². The van der Waals surface area contributed by atoms with Gasteiger partial charge >= 0.3 is 0 Å². The smallest absolute Gasteiger partial charge is 0.123 e. The number of nitrogen functional groups attached to an aromatic ring is 1. The zero-order valence-corrected chi connectivity index (χ0v) is 14.3. The highest BCUT2D eigenvalue weighted by Crippen LogP contribution is 2.13. The molecule has 1 aromatic carbocycles. The summed E-state index contributed by atoms with van der Waals surface area (Å²) in [5.74, 6) is 0.540. The number of aryl methyl sites for hydroxylation is 2. The summed E-state index contributed by atoms with van der Waals surface area (Å²) in [6.07, 6.45) is 3.62. The molecule has 0 aliphatic rings. The summed E-state index contributed by atoms with van der Waals surface area (Å²) >= 11 is 0. The van der Waals surface area contributed by atoms with Gasteiger partial charge in [-0.1, -0.05) is 12.1 Å². The lowest BCUT2D eigenvalue weighted by Crippen LogP contribution is -2.18. The van der Waals surface area contributed by atoms with Crippen LogP contribution in [-0.2, 0) is 13.1 Å². The number of hydrogen-bond acceptors (Lipinski definition) is 5. The molecule has 0 amide bonds. The molecule has 2 aromatic heterocycles. The highest BCUT2D eigenvalue weighted by molar-refractivity contribution is 5.37. The molecule has 0 fully saturated rings. The first-order chi connectivity index (χ1) is 11.5. The molecule has 0 saturated carbocycles. The number of pyridine rings is 1. The van der Waals surface area contributed by atoms with E-state index in [4.69, 9.17) is 5.73 Å². The van der Waals surface area contributed by atoms with Crippen LogP contribution >= 0.6 is 0 Å². The Kier molecular flexibility index (Phi) is 4.57. The first-order valence-electron chi connectivity index (χ1n) is 7.88. The molecule has 3 aromatic rings. The maximum atomic E-state index is 5.61. The third-order valence-corrected chi connectivity index (χ3v) is 3.71. The molecular formula is C18H22N6. The molecule has 0 radical (unpaired) electrons. The van der Waals surface area contributed by atoms with E-state index in [1.807, 2.05) is 25.4 Å². The quantitative estimate of drug-likeness (QED) is 0.781. The first kappa shape index (κ1) is 16.1. The summed E-state index contributed by atoms with van der Waals surface area (Å²) in [5.41, 5.74) is 11.1. The van der Waals surface area contributed by atoms with Crippen molar-refractivity contribution in [2.45, 2.75) is 26.9 Å². The Balaban J connectivity index is 1.68. The van der Waals surface area contributed by atoms with Gasteiger partial charge in [0.25, 0.3) is 0 Å². The van der Waals surface area contributed by atoms with Crippen LogP contribution in [0.3, 0.4) is 0 Å². The zero-order chi connectivity index (χ0) is 17.1. The molecule has 0 spiro atoms. The SMILES string of the molecule is Cc1cc(C)cc(-n2ncc(CN(C)Cc3ccc(N)nc3)n2)c1. The fourth-order valence-corrected chi connectivity index (χ4v) is 2.73. The van der Waals surface area contributed by atoms with Crippen molar-refractivity contribution in [3.8, 4) is 5.69 Å². The number of rotatable bonds is 5. The van der Waals surface area contributed by atoms with Crippen molar-refractivity contribution >= 4 is 5.82 Å². The molecular weight excluding hydrogens is 300 g/mol. The fourth-order valence-electron chi connectivity index (χ4n) is 2.73. The Morgan fingerprint density at radius 2 is 1.79 bits per heavy atom. The minimum Gasteiger partial charge on any atom is -0.384 e. The van der Waals surface area contributed by atoms with E-state index in [1.54, 1.807) is 11.0 Å². The first-order valence-corrected chi connectivity index (χ1v) is 7.88. The maximum Gasteiger partial charge on any atom is 0.123 e. The molecule has 0 aliphatic carbocycles. The Morgan fingerprint density at radius 3 is 2.46 bits per heavy atom. The van der Waals surface area contributed by atoms with Gasteiger partial charge in [-0.05, 0) is 55.8 Å². The molecule has 0 unspecified atom stereocenters. The largest absolute Gasteiger partial charge is 0.384 e. The Bertz CT molecular complexity index is 802. The van der Waals surface area contributed by atoms with Gasteiger partial charge in [-0.2, -0.15) is 15.0 Å². The highest BCUT2D eigenvalue weighted by Gasteiger charge is 2.08. The van der Waals surface area contributed by atoms with Gasteiger partial charge in [0.1, 0.15) is 5.82 Å². The average Bonchev–Trinajstić information content (AvgIpc) is 2.97. The summed E-state index contributed by atoms with van der Waals surface area (Å²) < 4.78 is 0. The van der Waals surface area contributed by atoms with Crippen LogP contribution in [0.5, 0.6) is 0 Å². The van der Waals surface area contributed by atoms with Crippen molar-refractivity contribution in [1.82, 2.24) is 24.9 Å². The Labute approximate surface area is 141 Å². The van der Waals surface area contributed by atoms with Crippen LogP contribution in [0, 0.1) is 13.8 Å². The molecule has 0 saturated heterocycles. The number of hydrogen-bond donors (Lipinski definition) is 1. The fraction of sp³-hybridized carbons (Fsp3) is 0.278. The zero-order valence-electron chi connectivity index (χ0n) is 14.3. The van der Waals surface area contributed by atoms with Gasteiger partial charge in [-0.15, -0.1) is 0 Å². The Morgan fingerprint density at radius 1 is 1.04 bits per heavy atom. The Hall–Kier alpha value is -2.73. The molecule has 6 heteroatoms. The summed E-state index contributed by atoms with van der Waals surface area (Å²) in [4.78, 5) is 7.98. The van der Waals surface area contributed by atoms with Crippen molar-refractivity contribution in [3.63, 3.8) is 0 Å². The monoisotopic (exact) mass is 322 g/mol. The number of anilines is 1. The molecule has 124 valence electrons. The lowest BCUT2D eigenvalue weighted by molar-refractivity contribution is 0.314. The van der Waals surface area contributed by atoms with E-state index in [2.05, 4.69) is 52.1 Å². The number of nitrogens with two attached hydrogens (primary N) is 1. The van der Waals surface area contributed by atoms with E-state index in [0.717, 1.165) is 30.0 Å². The van der Waals surface area contributed by atoms with Gasteiger partial charge in [-0.25, -0.2) is 4.98 Å². The molecule has 2 heterocycles. The van der Waals surface area contributed by atoms with E-state index in [9.17, 15) is 0 Å². The second-order valence-electron chi connectivity index (χ2n) is 6.23. The normalized spacial score (nSPS) is 11.2. The lowest BCUT2D eigenvalue weighted by atomic mass is 10.1. The molecule has 2 N–H and O–H groups in total. The highest BCUT2D eigenvalue weighted by atomic mass is 15.5. The standard InChI is InChI=1S/C18H22N6/c1-13-6-14(2)8-17(7-13)24-21-10-16(22-24)12-23(3)11-15-4-5-18(19)20-9-15/h4-10H,11-12H2,1-3H3,(H2,19,20). The van der Waals surface area contributed by atoms with E-state index in [-0.39, 0.29) is 0 Å². The summed E-state index contributed by atoms with van der Waals surface area (Å²) in [7, 11) is 2.05. The minimum atomic E-state index is 0.540. The van der Waals surface area contributed by atoms with Crippen LogP contribution in [0.25, 0.3) is 5.69 Å². The second-order valence-corrected chi connectivity index (χ2v) is 6.23. The number of aromatic nitrogens is 4. The van der Waals surface area contributed by atoms with Crippen LogP contribution in [0.1, 0.15) is 22.4 Å². The maximum absolute atomic E-state index is 5.61. The van der Waals surface area contributed by atoms with Crippen molar-refractivity contribution in [2.75, 3.05) is 12.8 Å². The third-order valence-electron chi connectivity index (χ3n) is 3.71. The second kappa shape index (κ2) is 6.80. The molecule has 0 bridgehead atoms. The number of benzene rings is 1. The van der Waals surface area contributed by atoms with Gasteiger partial charge in [0.05, 0.1) is 17.6 Å². The average molecular weight is 322 g/mol. The van der Waals surface area contributed by atoms with Crippen LogP contribution in [-0.4, -0.2) is 31.9 Å². The minimum absolute atomic E-state index is 0.540. The van der Waals surface area contributed by atoms with Crippen LogP contribution in [0.15, 0.2) is 42.7 Å². The summed E-state index contributed by atoms with van der Waals surface area (Å²) in [6.45, 7) is 5.66. The van der Waals surface area contributed by atoms with Gasteiger partial charge in [0.15, 0.2) is 0 Å². The van der Waals surface area contributed by atoms with Gasteiger partial charge in [-0.3, -0.25) is 4.90 Å². The predicted octanol–water partition coefficient (Wildman–Crippen LogP) is 2.49. The summed E-state index contributed by atoms with van der Waals surface area (Å²) in [5, 5.41) is 8.98. The topological polar surface area (TPSA) is 72.9 Å². The molecule has 3 rings (SSSR count). The molecule has 24 heavy (non-hydrogen) atoms. The number of nitrogens with zero attached hydrogens (tertiary/aromatic N) is 5. The van der Waals surface area contributed by atoms with Crippen molar-refractivity contribution in [1.29, 1.82) is 0 Å². The predicted molar refractivity (Wildman–Crippen MR) is 94.7 cm³/mol. The van der Waals surface area contributed by atoms with Crippen molar-refractivity contribution < 1.29 is 0 Å². The molecule has 0 aliphatic heterocycles. The van der Waals surface area contributed by atoms with E-state index in [0.29, 0.717) is 5.82 Å². The van der Waals surface area contributed by atoms with Crippen LogP contribution < -0.4 is 5.73 Å². The molecule has 0 atom stereocenters.